The summed E-state index contributed by atoms with van der Waals surface area (Å²) in [6, 6.07) is -0.746. The first-order valence-corrected chi connectivity index (χ1v) is 10.9. The molecule has 146 valence electrons. The molecule has 2 saturated heterocycles. The zero-order valence-electron chi connectivity index (χ0n) is 15.3. The van der Waals surface area contributed by atoms with Crippen molar-refractivity contribution in [3.05, 3.63) is 0 Å². The van der Waals surface area contributed by atoms with Gasteiger partial charge in [0.25, 0.3) is 0 Å². The molecule has 0 aromatic carbocycles. The maximum Gasteiger partial charge on any atom is 0.335 e. The summed E-state index contributed by atoms with van der Waals surface area (Å²) in [5.74, 6) is -1.32. The third-order valence-corrected chi connectivity index (χ3v) is 6.93. The van der Waals surface area contributed by atoms with Crippen LogP contribution in [-0.2, 0) is 19.6 Å². The molecule has 3 fully saturated rings. The average molecular weight is 386 g/mol. The van der Waals surface area contributed by atoms with Gasteiger partial charge in [0.1, 0.15) is 0 Å². The third kappa shape index (κ3) is 3.63. The Balaban J connectivity index is 1.65. The van der Waals surface area contributed by atoms with Gasteiger partial charge in [-0.3, -0.25) is 19.4 Å². The summed E-state index contributed by atoms with van der Waals surface area (Å²) in [5.41, 5.74) is 0. The third-order valence-electron chi connectivity index (χ3n) is 5.62. The highest BCUT2D eigenvalue weighted by Gasteiger charge is 2.49. The van der Waals surface area contributed by atoms with Crippen LogP contribution in [0.25, 0.3) is 0 Å². The first-order chi connectivity index (χ1) is 12.2. The van der Waals surface area contributed by atoms with Gasteiger partial charge in [-0.1, -0.05) is 19.8 Å². The summed E-state index contributed by atoms with van der Waals surface area (Å²) in [4.78, 5) is 41.5. The lowest BCUT2D eigenvalue weighted by molar-refractivity contribution is -0.145. The van der Waals surface area contributed by atoms with Crippen LogP contribution in [0.15, 0.2) is 0 Å². The minimum absolute atomic E-state index is 0.0264. The summed E-state index contributed by atoms with van der Waals surface area (Å²) >= 11 is 0. The van der Waals surface area contributed by atoms with Crippen molar-refractivity contribution in [1.82, 2.24) is 19.0 Å². The fourth-order valence-electron chi connectivity index (χ4n) is 4.02. The predicted octanol–water partition coefficient (Wildman–Crippen LogP) is -0.109. The van der Waals surface area contributed by atoms with Crippen LogP contribution in [0.1, 0.15) is 32.6 Å². The quantitative estimate of drug-likeness (QED) is 0.494. The topological polar surface area (TPSA) is 98.3 Å². The maximum atomic E-state index is 12.7. The van der Waals surface area contributed by atoms with Crippen LogP contribution in [0.4, 0.5) is 4.79 Å². The fraction of sp³-hybridized carbons (Fsp3) is 0.812. The van der Waals surface area contributed by atoms with Crippen molar-refractivity contribution < 1.29 is 22.8 Å². The van der Waals surface area contributed by atoms with Gasteiger partial charge >= 0.3 is 17.8 Å². The van der Waals surface area contributed by atoms with Gasteiger partial charge in [0.2, 0.25) is 10.0 Å². The van der Waals surface area contributed by atoms with E-state index in [0.29, 0.717) is 26.2 Å². The normalized spacial score (nSPS) is 29.7. The van der Waals surface area contributed by atoms with Crippen molar-refractivity contribution in [2.45, 2.75) is 38.6 Å². The molecule has 3 rings (SSSR count). The Morgan fingerprint density at radius 3 is 2.15 bits per heavy atom. The molecular formula is C16H26N4O5S. The summed E-state index contributed by atoms with van der Waals surface area (Å²) in [5, 5.41) is 0. The van der Waals surface area contributed by atoms with Gasteiger partial charge in [-0.2, -0.15) is 4.31 Å². The summed E-state index contributed by atoms with van der Waals surface area (Å²) in [6.07, 6.45) is 4.89. The van der Waals surface area contributed by atoms with E-state index in [-0.39, 0.29) is 18.6 Å². The Morgan fingerprint density at radius 2 is 1.58 bits per heavy atom. The van der Waals surface area contributed by atoms with E-state index in [1.807, 2.05) is 11.8 Å². The van der Waals surface area contributed by atoms with Crippen LogP contribution in [0.2, 0.25) is 0 Å². The molecule has 0 spiro atoms. The number of piperazine rings is 1. The zero-order valence-corrected chi connectivity index (χ0v) is 16.1. The monoisotopic (exact) mass is 386 g/mol. The molecule has 0 aromatic rings. The van der Waals surface area contributed by atoms with E-state index < -0.39 is 27.9 Å². The largest absolute Gasteiger partial charge is 0.335 e. The molecular weight excluding hydrogens is 360 g/mol. The second-order valence-electron chi connectivity index (χ2n) is 7.44. The molecule has 3 aliphatic rings. The second-order valence-corrected chi connectivity index (χ2v) is 9.42. The van der Waals surface area contributed by atoms with Crippen LogP contribution < -0.4 is 0 Å². The highest BCUT2D eigenvalue weighted by molar-refractivity contribution is 7.88. The molecule has 1 saturated carbocycles. The Labute approximate surface area is 153 Å². The number of imide groups is 2. The smallest absolute Gasteiger partial charge is 0.283 e. The molecule has 4 amide bonds. The van der Waals surface area contributed by atoms with Crippen molar-refractivity contribution in [3.8, 4) is 0 Å². The lowest BCUT2D eigenvalue weighted by Gasteiger charge is -2.36. The van der Waals surface area contributed by atoms with Crippen LogP contribution in [0.3, 0.4) is 0 Å². The van der Waals surface area contributed by atoms with Gasteiger partial charge in [-0.25, -0.2) is 18.1 Å². The predicted molar refractivity (Wildman–Crippen MR) is 93.4 cm³/mol. The molecule has 0 radical (unpaired) electrons. The van der Waals surface area contributed by atoms with E-state index >= 15 is 0 Å². The standard InChI is InChI=1S/C16H26N4O5S/c1-12-5-3-4-6-13(12)20-15(22)14(21)19(16(20)23)11-17-7-9-18(10-8-17)26(2,24)25/h12-13H,3-11H2,1-2H3/t12-,13-/m1/s1. The van der Waals surface area contributed by atoms with Gasteiger partial charge in [0, 0.05) is 32.2 Å². The van der Waals surface area contributed by atoms with Crippen molar-refractivity contribution >= 4 is 27.9 Å². The Morgan fingerprint density at radius 1 is 0.962 bits per heavy atom. The number of nitrogens with zero attached hydrogens (tertiary/aromatic N) is 4. The molecule has 10 heteroatoms. The van der Waals surface area contributed by atoms with Gasteiger partial charge in [0.15, 0.2) is 0 Å². The maximum absolute atomic E-state index is 12.7. The average Bonchev–Trinajstić information content (AvgIpc) is 2.79. The van der Waals surface area contributed by atoms with Gasteiger partial charge < -0.3 is 0 Å². The number of hydrogen-bond donors (Lipinski definition) is 0. The van der Waals surface area contributed by atoms with Crippen LogP contribution in [-0.4, -0.2) is 90.4 Å². The molecule has 0 bridgehead atoms. The van der Waals surface area contributed by atoms with Crippen LogP contribution >= 0.6 is 0 Å². The Hall–Kier alpha value is -1.52. The first kappa shape index (κ1) is 19.2. The number of amides is 4. The Bertz CT molecular complexity index is 701. The molecule has 0 N–H and O–H groups in total. The summed E-state index contributed by atoms with van der Waals surface area (Å²) in [6.45, 7) is 3.50. The number of carbonyl (C=O) groups is 3. The Kier molecular flexibility index (Phi) is 5.36. The van der Waals surface area contributed by atoms with E-state index in [0.717, 1.165) is 41.7 Å². The van der Waals surface area contributed by atoms with Crippen molar-refractivity contribution in [3.63, 3.8) is 0 Å². The lowest BCUT2D eigenvalue weighted by atomic mass is 9.85. The van der Waals surface area contributed by atoms with Crippen LogP contribution in [0, 0.1) is 5.92 Å². The molecule has 2 heterocycles. The lowest BCUT2D eigenvalue weighted by Crippen LogP contribution is -2.52. The number of hydrogen-bond acceptors (Lipinski definition) is 6. The second kappa shape index (κ2) is 7.24. The highest BCUT2D eigenvalue weighted by atomic mass is 32.2. The van der Waals surface area contributed by atoms with E-state index in [1.54, 1.807) is 0 Å². The molecule has 2 aliphatic heterocycles. The van der Waals surface area contributed by atoms with Crippen molar-refractivity contribution in [2.75, 3.05) is 39.1 Å². The summed E-state index contributed by atoms with van der Waals surface area (Å²) < 4.78 is 24.5. The molecule has 1 aliphatic carbocycles. The van der Waals surface area contributed by atoms with E-state index in [9.17, 15) is 22.8 Å². The molecule has 26 heavy (non-hydrogen) atoms. The van der Waals surface area contributed by atoms with Gasteiger partial charge in [0.05, 0.1) is 12.9 Å². The van der Waals surface area contributed by atoms with Gasteiger partial charge in [-0.15, -0.1) is 0 Å². The number of urea groups is 1. The number of carbonyl (C=O) groups excluding carboxylic acids is 3. The minimum Gasteiger partial charge on any atom is -0.283 e. The SMILES string of the molecule is C[C@@H]1CCCC[C@H]1N1C(=O)C(=O)N(CN2CCN(S(C)(=O)=O)CC2)C1=O. The van der Waals surface area contributed by atoms with Gasteiger partial charge in [-0.05, 0) is 18.8 Å². The first-order valence-electron chi connectivity index (χ1n) is 9.06. The minimum atomic E-state index is -3.24. The molecule has 0 aromatic heterocycles. The summed E-state index contributed by atoms with van der Waals surface area (Å²) in [7, 11) is -3.24. The van der Waals surface area contributed by atoms with Crippen molar-refractivity contribution in [2.24, 2.45) is 5.92 Å². The van der Waals surface area contributed by atoms with Crippen molar-refractivity contribution in [1.29, 1.82) is 0 Å². The molecule has 0 unspecified atom stereocenters. The zero-order chi connectivity index (χ0) is 19.1. The molecule has 9 nitrogen and oxygen atoms in total. The highest BCUT2D eigenvalue weighted by Crippen LogP contribution is 2.31. The van der Waals surface area contributed by atoms with E-state index in [2.05, 4.69) is 0 Å². The molecule has 2 atom stereocenters. The van der Waals surface area contributed by atoms with Crippen LogP contribution in [0.5, 0.6) is 0 Å². The number of sulfonamides is 1. The van der Waals surface area contributed by atoms with E-state index in [4.69, 9.17) is 0 Å². The number of rotatable bonds is 4. The van der Waals surface area contributed by atoms with E-state index in [1.165, 1.54) is 4.31 Å². The fourth-order valence-corrected chi connectivity index (χ4v) is 4.85.